The molecule has 0 radical (unpaired) electrons. The molecule has 128 valence electrons. The first-order valence-corrected chi connectivity index (χ1v) is 8.32. The van der Waals surface area contributed by atoms with E-state index >= 15 is 0 Å². The van der Waals surface area contributed by atoms with Gasteiger partial charge in [-0.1, -0.05) is 0 Å². The van der Waals surface area contributed by atoms with Gasteiger partial charge in [-0.3, -0.25) is 4.98 Å². The molecule has 0 saturated heterocycles. The summed E-state index contributed by atoms with van der Waals surface area (Å²) in [6.45, 7) is 6.13. The van der Waals surface area contributed by atoms with Crippen LogP contribution in [0.25, 0.3) is 28.1 Å². The van der Waals surface area contributed by atoms with Gasteiger partial charge in [0, 0.05) is 36.7 Å². The number of pyridine rings is 1. The highest BCUT2D eigenvalue weighted by atomic mass is 15.3. The molecule has 0 bridgehead atoms. The second-order valence-electron chi connectivity index (χ2n) is 6.55. The summed E-state index contributed by atoms with van der Waals surface area (Å²) in [7, 11) is 4.16. The van der Waals surface area contributed by atoms with Crippen LogP contribution < -0.4 is 0 Å². The average molecular weight is 335 g/mol. The van der Waals surface area contributed by atoms with E-state index in [4.69, 9.17) is 4.98 Å². The SMILES string of the molecule is Cc1c(C)n(CCN(C)C)c2ncn3nc(-c4cccnc4)nc3c12. The van der Waals surface area contributed by atoms with E-state index in [2.05, 4.69) is 52.5 Å². The molecule has 0 saturated carbocycles. The highest BCUT2D eigenvalue weighted by molar-refractivity contribution is 5.94. The molecule has 0 aliphatic carbocycles. The van der Waals surface area contributed by atoms with Crippen molar-refractivity contribution in [3.8, 4) is 11.4 Å². The normalized spacial score (nSPS) is 11.9. The summed E-state index contributed by atoms with van der Waals surface area (Å²) >= 11 is 0. The number of hydrogen-bond acceptors (Lipinski definition) is 5. The van der Waals surface area contributed by atoms with Crippen molar-refractivity contribution in [1.82, 2.24) is 34.0 Å². The van der Waals surface area contributed by atoms with E-state index in [9.17, 15) is 0 Å². The summed E-state index contributed by atoms with van der Waals surface area (Å²) in [5, 5.41) is 5.64. The number of aromatic nitrogens is 6. The molecule has 0 atom stereocenters. The van der Waals surface area contributed by atoms with Gasteiger partial charge < -0.3 is 9.47 Å². The highest BCUT2D eigenvalue weighted by Crippen LogP contribution is 2.27. The zero-order valence-electron chi connectivity index (χ0n) is 14.9. The maximum Gasteiger partial charge on any atom is 0.183 e. The van der Waals surface area contributed by atoms with E-state index in [1.54, 1.807) is 23.2 Å². The first-order chi connectivity index (χ1) is 12.1. The van der Waals surface area contributed by atoms with Gasteiger partial charge in [-0.15, -0.1) is 5.10 Å². The fourth-order valence-electron chi connectivity index (χ4n) is 3.12. The predicted molar refractivity (Wildman–Crippen MR) is 97.5 cm³/mol. The van der Waals surface area contributed by atoms with E-state index < -0.39 is 0 Å². The van der Waals surface area contributed by atoms with Crippen molar-refractivity contribution in [2.24, 2.45) is 0 Å². The van der Waals surface area contributed by atoms with Crippen molar-refractivity contribution in [2.75, 3.05) is 20.6 Å². The van der Waals surface area contributed by atoms with Gasteiger partial charge in [0.2, 0.25) is 0 Å². The van der Waals surface area contributed by atoms with Crippen LogP contribution in [0.1, 0.15) is 11.3 Å². The fourth-order valence-corrected chi connectivity index (χ4v) is 3.12. The summed E-state index contributed by atoms with van der Waals surface area (Å²) in [6.07, 6.45) is 5.27. The molecule has 7 nitrogen and oxygen atoms in total. The van der Waals surface area contributed by atoms with Crippen LogP contribution in [-0.4, -0.2) is 54.7 Å². The van der Waals surface area contributed by atoms with Gasteiger partial charge in [-0.25, -0.2) is 14.5 Å². The molecule has 0 amide bonds. The maximum absolute atomic E-state index is 4.77. The summed E-state index contributed by atoms with van der Waals surface area (Å²) in [4.78, 5) is 15.8. The standard InChI is InChI=1S/C18H21N7/c1-12-13(2)24(9-8-23(3)4)17-15(12)18-21-16(22-25(18)11-20-17)14-6-5-7-19-10-14/h5-7,10-11H,8-9H2,1-4H3. The summed E-state index contributed by atoms with van der Waals surface area (Å²) in [5.41, 5.74) is 5.14. The van der Waals surface area contributed by atoms with Gasteiger partial charge in [0.1, 0.15) is 12.0 Å². The third-order valence-corrected chi connectivity index (χ3v) is 4.64. The number of hydrogen-bond donors (Lipinski definition) is 0. The van der Waals surface area contributed by atoms with Crippen molar-refractivity contribution in [3.63, 3.8) is 0 Å². The van der Waals surface area contributed by atoms with Crippen molar-refractivity contribution >= 4 is 16.7 Å². The Morgan fingerprint density at radius 3 is 2.72 bits per heavy atom. The van der Waals surface area contributed by atoms with Gasteiger partial charge in [0.05, 0.1) is 5.39 Å². The quantitative estimate of drug-likeness (QED) is 0.573. The van der Waals surface area contributed by atoms with Crippen LogP contribution in [0.5, 0.6) is 0 Å². The van der Waals surface area contributed by atoms with Gasteiger partial charge >= 0.3 is 0 Å². The largest absolute Gasteiger partial charge is 0.328 e. The second kappa shape index (κ2) is 5.93. The number of likely N-dealkylation sites (N-methyl/N-ethyl adjacent to an activating group) is 1. The summed E-state index contributed by atoms with van der Waals surface area (Å²) < 4.78 is 4.02. The minimum atomic E-state index is 0.667. The highest BCUT2D eigenvalue weighted by Gasteiger charge is 2.18. The van der Waals surface area contributed by atoms with E-state index in [0.29, 0.717) is 5.82 Å². The smallest absolute Gasteiger partial charge is 0.183 e. The Labute approximate surface area is 146 Å². The van der Waals surface area contributed by atoms with Gasteiger partial charge in [0.15, 0.2) is 11.5 Å². The molecule has 7 heteroatoms. The lowest BCUT2D eigenvalue weighted by Gasteiger charge is -2.12. The average Bonchev–Trinajstić information content (AvgIpc) is 3.14. The van der Waals surface area contributed by atoms with E-state index in [1.807, 2.05) is 12.1 Å². The zero-order valence-corrected chi connectivity index (χ0v) is 14.9. The molecular formula is C18H21N7. The first-order valence-electron chi connectivity index (χ1n) is 8.32. The predicted octanol–water partition coefficient (Wildman–Crippen LogP) is 2.32. The van der Waals surface area contributed by atoms with Crippen molar-refractivity contribution in [3.05, 3.63) is 42.1 Å². The summed E-state index contributed by atoms with van der Waals surface area (Å²) in [6, 6.07) is 3.86. The Morgan fingerprint density at radius 1 is 1.16 bits per heavy atom. The molecule has 25 heavy (non-hydrogen) atoms. The molecule has 0 fully saturated rings. The molecule has 4 rings (SSSR count). The Morgan fingerprint density at radius 2 is 2.00 bits per heavy atom. The molecule has 0 aromatic carbocycles. The van der Waals surface area contributed by atoms with Crippen LogP contribution in [-0.2, 0) is 6.54 Å². The van der Waals surface area contributed by atoms with Crippen LogP contribution in [0.15, 0.2) is 30.9 Å². The Bertz CT molecular complexity index is 1040. The Hall–Kier alpha value is -2.80. The maximum atomic E-state index is 4.77. The van der Waals surface area contributed by atoms with Crippen molar-refractivity contribution < 1.29 is 0 Å². The topological polar surface area (TPSA) is 64.1 Å². The van der Waals surface area contributed by atoms with E-state index in [1.165, 1.54) is 11.3 Å². The number of nitrogens with zero attached hydrogens (tertiary/aromatic N) is 7. The van der Waals surface area contributed by atoms with Crippen molar-refractivity contribution in [1.29, 1.82) is 0 Å². The molecule has 4 heterocycles. The summed E-state index contributed by atoms with van der Waals surface area (Å²) in [5.74, 6) is 0.667. The van der Waals surface area contributed by atoms with Gasteiger partial charge in [-0.2, -0.15) is 0 Å². The molecule has 4 aromatic heterocycles. The number of aryl methyl sites for hydroxylation is 1. The monoisotopic (exact) mass is 335 g/mol. The molecule has 0 aliphatic heterocycles. The van der Waals surface area contributed by atoms with Crippen molar-refractivity contribution in [2.45, 2.75) is 20.4 Å². The molecule has 0 N–H and O–H groups in total. The number of fused-ring (bicyclic) bond motifs is 3. The second-order valence-corrected chi connectivity index (χ2v) is 6.55. The lowest BCUT2D eigenvalue weighted by Crippen LogP contribution is -2.19. The molecule has 0 spiro atoms. The van der Waals surface area contributed by atoms with Crippen LogP contribution in [0, 0.1) is 13.8 Å². The van der Waals surface area contributed by atoms with Crippen LogP contribution in [0.4, 0.5) is 0 Å². The third-order valence-electron chi connectivity index (χ3n) is 4.64. The Kier molecular flexibility index (Phi) is 3.73. The first kappa shape index (κ1) is 15.7. The van der Waals surface area contributed by atoms with Crippen LogP contribution in [0.2, 0.25) is 0 Å². The molecule has 0 aliphatic rings. The fraction of sp³-hybridized carbons (Fsp3) is 0.333. The zero-order chi connectivity index (χ0) is 17.6. The number of rotatable bonds is 4. The minimum absolute atomic E-state index is 0.667. The lowest BCUT2D eigenvalue weighted by molar-refractivity contribution is 0.384. The minimum Gasteiger partial charge on any atom is -0.328 e. The lowest BCUT2D eigenvalue weighted by atomic mass is 10.2. The van der Waals surface area contributed by atoms with Gasteiger partial charge in [0.25, 0.3) is 0 Å². The van der Waals surface area contributed by atoms with Gasteiger partial charge in [-0.05, 0) is 45.6 Å². The molecular weight excluding hydrogens is 314 g/mol. The van der Waals surface area contributed by atoms with Crippen LogP contribution in [0.3, 0.4) is 0 Å². The molecule has 0 unspecified atom stereocenters. The third kappa shape index (κ3) is 2.56. The van der Waals surface area contributed by atoms with E-state index in [0.717, 1.165) is 35.3 Å². The van der Waals surface area contributed by atoms with Crippen LogP contribution >= 0.6 is 0 Å². The Balaban J connectivity index is 1.92. The van der Waals surface area contributed by atoms with E-state index in [-0.39, 0.29) is 0 Å². The molecule has 4 aromatic rings.